The van der Waals surface area contributed by atoms with E-state index in [0.29, 0.717) is 0 Å². The van der Waals surface area contributed by atoms with Gasteiger partial charge in [-0.05, 0) is 31.2 Å². The van der Waals surface area contributed by atoms with E-state index in [0.717, 1.165) is 18.4 Å². The Hall–Kier alpha value is -1.84. The largest absolute Gasteiger partial charge is 0.480 e. The maximum Gasteiger partial charge on any atom is 0.326 e. The normalized spacial score (nSPS) is 17.8. The van der Waals surface area contributed by atoms with Gasteiger partial charge in [-0.2, -0.15) is 0 Å². The van der Waals surface area contributed by atoms with Crippen LogP contribution in [0, 0.1) is 5.92 Å². The van der Waals surface area contributed by atoms with Gasteiger partial charge in [-0.3, -0.25) is 4.79 Å². The standard InChI is InChI=1S/C14H17NO3/c1-9(10-5-3-2-4-6-10)13(16)15-12(14(17)18)11-7-8-11/h2-6,9,11-12H,7-8H2,1H3,(H,15,16)(H,17,18)/t9-,12?/m0/s1. The highest BCUT2D eigenvalue weighted by Gasteiger charge is 2.37. The maximum absolute atomic E-state index is 12.0. The highest BCUT2D eigenvalue weighted by Crippen LogP contribution is 2.33. The van der Waals surface area contributed by atoms with E-state index in [1.165, 1.54) is 0 Å². The Morgan fingerprint density at radius 3 is 2.39 bits per heavy atom. The number of carbonyl (C=O) groups is 2. The van der Waals surface area contributed by atoms with Gasteiger partial charge in [-0.15, -0.1) is 0 Å². The maximum atomic E-state index is 12.0. The van der Waals surface area contributed by atoms with Gasteiger partial charge < -0.3 is 10.4 Å². The molecule has 1 amide bonds. The van der Waals surface area contributed by atoms with Crippen molar-refractivity contribution in [2.75, 3.05) is 0 Å². The van der Waals surface area contributed by atoms with Crippen LogP contribution in [0.3, 0.4) is 0 Å². The van der Waals surface area contributed by atoms with Crippen LogP contribution in [0.15, 0.2) is 30.3 Å². The Bertz CT molecular complexity index is 440. The molecule has 1 unspecified atom stereocenters. The quantitative estimate of drug-likeness (QED) is 0.833. The summed E-state index contributed by atoms with van der Waals surface area (Å²) in [7, 11) is 0. The highest BCUT2D eigenvalue weighted by atomic mass is 16.4. The average molecular weight is 247 g/mol. The van der Waals surface area contributed by atoms with E-state index >= 15 is 0 Å². The van der Waals surface area contributed by atoms with Crippen molar-refractivity contribution in [1.29, 1.82) is 0 Å². The summed E-state index contributed by atoms with van der Waals surface area (Å²) >= 11 is 0. The number of carboxylic acid groups (broad SMARTS) is 1. The van der Waals surface area contributed by atoms with Crippen LogP contribution in [0.25, 0.3) is 0 Å². The lowest BCUT2D eigenvalue weighted by Gasteiger charge is -2.17. The summed E-state index contributed by atoms with van der Waals surface area (Å²) < 4.78 is 0. The van der Waals surface area contributed by atoms with Crippen molar-refractivity contribution >= 4 is 11.9 Å². The molecule has 1 aliphatic rings. The van der Waals surface area contributed by atoms with Crippen LogP contribution in [-0.4, -0.2) is 23.0 Å². The summed E-state index contributed by atoms with van der Waals surface area (Å²) in [6.45, 7) is 1.79. The molecule has 1 aliphatic carbocycles. The zero-order valence-corrected chi connectivity index (χ0v) is 10.3. The fraction of sp³-hybridized carbons (Fsp3) is 0.429. The molecule has 0 radical (unpaired) electrons. The van der Waals surface area contributed by atoms with Crippen LogP contribution < -0.4 is 5.32 Å². The first kappa shape index (κ1) is 12.6. The number of aliphatic carboxylic acids is 1. The minimum absolute atomic E-state index is 0.106. The Morgan fingerprint density at radius 1 is 1.28 bits per heavy atom. The first-order chi connectivity index (χ1) is 8.59. The first-order valence-corrected chi connectivity index (χ1v) is 6.17. The van der Waals surface area contributed by atoms with Crippen molar-refractivity contribution in [2.45, 2.75) is 31.7 Å². The molecule has 1 saturated carbocycles. The lowest BCUT2D eigenvalue weighted by atomic mass is 10.00. The van der Waals surface area contributed by atoms with E-state index in [1.807, 2.05) is 30.3 Å². The van der Waals surface area contributed by atoms with Crippen LogP contribution in [0.4, 0.5) is 0 Å². The Labute approximate surface area is 106 Å². The van der Waals surface area contributed by atoms with Gasteiger partial charge in [0.2, 0.25) is 5.91 Å². The molecule has 4 nitrogen and oxygen atoms in total. The smallest absolute Gasteiger partial charge is 0.326 e. The van der Waals surface area contributed by atoms with E-state index in [4.69, 9.17) is 5.11 Å². The Kier molecular flexibility index (Phi) is 3.65. The number of nitrogens with one attached hydrogen (secondary N) is 1. The number of carbonyl (C=O) groups excluding carboxylic acids is 1. The molecular weight excluding hydrogens is 230 g/mol. The molecule has 2 rings (SSSR count). The zero-order chi connectivity index (χ0) is 13.1. The third-order valence-corrected chi connectivity index (χ3v) is 3.35. The highest BCUT2D eigenvalue weighted by molar-refractivity contribution is 5.88. The monoisotopic (exact) mass is 247 g/mol. The predicted molar refractivity (Wildman–Crippen MR) is 67.1 cm³/mol. The lowest BCUT2D eigenvalue weighted by Crippen LogP contribution is -2.44. The van der Waals surface area contributed by atoms with Crippen molar-refractivity contribution in [3.05, 3.63) is 35.9 Å². The molecule has 4 heteroatoms. The van der Waals surface area contributed by atoms with E-state index in [9.17, 15) is 9.59 Å². The van der Waals surface area contributed by atoms with Gasteiger partial charge in [-0.25, -0.2) is 4.79 Å². The SMILES string of the molecule is C[C@H](C(=O)NC(C(=O)O)C1CC1)c1ccccc1. The fourth-order valence-corrected chi connectivity index (χ4v) is 1.98. The van der Waals surface area contributed by atoms with Gasteiger partial charge in [-0.1, -0.05) is 30.3 Å². The van der Waals surface area contributed by atoms with Crippen molar-refractivity contribution in [2.24, 2.45) is 5.92 Å². The molecule has 0 bridgehead atoms. The molecule has 0 heterocycles. The van der Waals surface area contributed by atoms with Gasteiger partial charge >= 0.3 is 5.97 Å². The van der Waals surface area contributed by atoms with Gasteiger partial charge in [0.15, 0.2) is 0 Å². The zero-order valence-electron chi connectivity index (χ0n) is 10.3. The molecule has 1 fully saturated rings. The van der Waals surface area contributed by atoms with Gasteiger partial charge in [0.05, 0.1) is 5.92 Å². The molecule has 96 valence electrons. The average Bonchev–Trinajstić information content (AvgIpc) is 3.19. The molecular formula is C14H17NO3. The summed E-state index contributed by atoms with van der Waals surface area (Å²) in [6, 6.07) is 8.64. The van der Waals surface area contributed by atoms with Gasteiger partial charge in [0.25, 0.3) is 0 Å². The second-order valence-electron chi connectivity index (χ2n) is 4.79. The van der Waals surface area contributed by atoms with Crippen LogP contribution >= 0.6 is 0 Å². The summed E-state index contributed by atoms with van der Waals surface area (Å²) in [5, 5.41) is 11.7. The minimum atomic E-state index is -0.939. The van der Waals surface area contributed by atoms with E-state index in [2.05, 4.69) is 5.32 Å². The number of carboxylic acids is 1. The summed E-state index contributed by atoms with van der Waals surface area (Å²) in [4.78, 5) is 23.1. The van der Waals surface area contributed by atoms with Crippen LogP contribution in [-0.2, 0) is 9.59 Å². The topological polar surface area (TPSA) is 66.4 Å². The Morgan fingerprint density at radius 2 is 1.89 bits per heavy atom. The minimum Gasteiger partial charge on any atom is -0.480 e. The van der Waals surface area contributed by atoms with E-state index in [-0.39, 0.29) is 17.7 Å². The molecule has 2 N–H and O–H groups in total. The van der Waals surface area contributed by atoms with Crippen LogP contribution in [0.5, 0.6) is 0 Å². The van der Waals surface area contributed by atoms with Crippen LogP contribution in [0.2, 0.25) is 0 Å². The van der Waals surface area contributed by atoms with E-state index in [1.54, 1.807) is 6.92 Å². The molecule has 0 aromatic heterocycles. The second-order valence-corrected chi connectivity index (χ2v) is 4.79. The number of benzene rings is 1. The summed E-state index contributed by atoms with van der Waals surface area (Å²) in [6.07, 6.45) is 1.77. The van der Waals surface area contributed by atoms with E-state index < -0.39 is 12.0 Å². The molecule has 1 aromatic carbocycles. The number of hydrogen-bond acceptors (Lipinski definition) is 2. The third kappa shape index (κ3) is 2.88. The lowest BCUT2D eigenvalue weighted by molar-refractivity contribution is -0.142. The van der Waals surface area contributed by atoms with Crippen molar-refractivity contribution in [1.82, 2.24) is 5.32 Å². The van der Waals surface area contributed by atoms with Gasteiger partial charge in [0.1, 0.15) is 6.04 Å². The number of hydrogen-bond donors (Lipinski definition) is 2. The summed E-state index contributed by atoms with van der Waals surface area (Å²) in [5.74, 6) is -1.38. The molecule has 0 spiro atoms. The predicted octanol–water partition coefficient (Wildman–Crippen LogP) is 1.77. The number of rotatable bonds is 5. The third-order valence-electron chi connectivity index (χ3n) is 3.35. The van der Waals surface area contributed by atoms with Crippen LogP contribution in [0.1, 0.15) is 31.2 Å². The van der Waals surface area contributed by atoms with Gasteiger partial charge in [0, 0.05) is 0 Å². The fourth-order valence-electron chi connectivity index (χ4n) is 1.98. The molecule has 0 aliphatic heterocycles. The molecule has 18 heavy (non-hydrogen) atoms. The van der Waals surface area contributed by atoms with Crippen molar-refractivity contribution in [3.8, 4) is 0 Å². The molecule has 1 aromatic rings. The van der Waals surface area contributed by atoms with Crippen molar-refractivity contribution in [3.63, 3.8) is 0 Å². The summed E-state index contributed by atoms with van der Waals surface area (Å²) in [5.41, 5.74) is 0.898. The van der Waals surface area contributed by atoms with Crippen molar-refractivity contribution < 1.29 is 14.7 Å². The first-order valence-electron chi connectivity index (χ1n) is 6.17. The second kappa shape index (κ2) is 5.21. The molecule has 0 saturated heterocycles. The number of amides is 1. The molecule has 2 atom stereocenters. The Balaban J connectivity index is 2.00.